The number of benzene rings is 1. The van der Waals surface area contributed by atoms with Crippen molar-refractivity contribution in [3.05, 3.63) is 29.3 Å². The molecule has 0 bridgehead atoms. The molecule has 0 atom stereocenters. The van der Waals surface area contributed by atoms with Crippen LogP contribution in [-0.4, -0.2) is 36.8 Å². The molecule has 8 heteroatoms. The smallest absolute Gasteiger partial charge is 0.335 e. The molecule has 0 heterocycles. The molecule has 3 N–H and O–H groups in total. The van der Waals surface area contributed by atoms with E-state index in [4.69, 9.17) is 10.2 Å². The number of carboxylic acids is 2. The summed E-state index contributed by atoms with van der Waals surface area (Å²) in [6, 6.07) is 3.02. The summed E-state index contributed by atoms with van der Waals surface area (Å²) < 4.78 is 23.9. The summed E-state index contributed by atoms with van der Waals surface area (Å²) in [6.45, 7) is 0. The number of sulfonamides is 1. The number of hydrogen-bond acceptors (Lipinski definition) is 4. The van der Waals surface area contributed by atoms with E-state index in [0.29, 0.717) is 0 Å². The molecular formula is C10H13NO6S. The van der Waals surface area contributed by atoms with Crippen molar-refractivity contribution in [2.75, 3.05) is 11.0 Å². The molecule has 0 aliphatic heterocycles. The van der Waals surface area contributed by atoms with E-state index in [1.54, 1.807) is 0 Å². The Balaban J connectivity index is 0.00000289. The third-order valence-electron chi connectivity index (χ3n) is 1.73. The molecule has 0 saturated heterocycles. The molecule has 1 aromatic rings. The van der Waals surface area contributed by atoms with E-state index in [2.05, 4.69) is 0 Å². The van der Waals surface area contributed by atoms with E-state index in [1.165, 1.54) is 0 Å². The van der Waals surface area contributed by atoms with Crippen LogP contribution >= 0.6 is 0 Å². The molecule has 18 heavy (non-hydrogen) atoms. The highest BCUT2D eigenvalue weighted by atomic mass is 32.2. The minimum atomic E-state index is -3.60. The molecule has 7 nitrogen and oxygen atoms in total. The summed E-state index contributed by atoms with van der Waals surface area (Å²) in [4.78, 5) is 21.4. The van der Waals surface area contributed by atoms with Crippen LogP contribution in [0.25, 0.3) is 0 Å². The van der Waals surface area contributed by atoms with Gasteiger partial charge in [0.15, 0.2) is 0 Å². The first-order valence-electron chi connectivity index (χ1n) is 4.28. The zero-order valence-electron chi connectivity index (χ0n) is 8.67. The van der Waals surface area contributed by atoms with Gasteiger partial charge in [0.25, 0.3) is 0 Å². The Morgan fingerprint density at radius 1 is 1.06 bits per heavy atom. The van der Waals surface area contributed by atoms with Crippen LogP contribution in [0.5, 0.6) is 0 Å². The van der Waals surface area contributed by atoms with Crippen LogP contribution in [0.15, 0.2) is 18.2 Å². The van der Waals surface area contributed by atoms with Crippen molar-refractivity contribution in [3.63, 3.8) is 0 Å². The third kappa shape index (κ3) is 4.42. The number of nitrogens with one attached hydrogen (secondary N) is 1. The average Bonchev–Trinajstić information content (AvgIpc) is 2.14. The number of carboxylic acid groups (broad SMARTS) is 2. The Morgan fingerprint density at radius 2 is 1.44 bits per heavy atom. The number of hydrogen-bond donors (Lipinski definition) is 3. The summed E-state index contributed by atoms with van der Waals surface area (Å²) >= 11 is 0. The molecule has 0 saturated carbocycles. The van der Waals surface area contributed by atoms with Crippen molar-refractivity contribution in [1.82, 2.24) is 0 Å². The quantitative estimate of drug-likeness (QED) is 0.756. The van der Waals surface area contributed by atoms with Crippen LogP contribution in [0.1, 0.15) is 28.1 Å². The second kappa shape index (κ2) is 5.50. The zero-order valence-corrected chi connectivity index (χ0v) is 9.48. The van der Waals surface area contributed by atoms with Gasteiger partial charge < -0.3 is 10.2 Å². The van der Waals surface area contributed by atoms with Crippen molar-refractivity contribution in [2.45, 2.75) is 7.43 Å². The molecule has 0 fully saturated rings. The molecule has 0 spiro atoms. The fourth-order valence-electron chi connectivity index (χ4n) is 1.15. The van der Waals surface area contributed by atoms with Gasteiger partial charge in [-0.2, -0.15) is 0 Å². The molecule has 0 aliphatic carbocycles. The van der Waals surface area contributed by atoms with Crippen LogP contribution in [0.3, 0.4) is 0 Å². The summed E-state index contributed by atoms with van der Waals surface area (Å²) in [6.07, 6.45) is 0.876. The molecule has 0 aromatic heterocycles. The zero-order chi connectivity index (χ0) is 13.2. The van der Waals surface area contributed by atoms with E-state index in [0.717, 1.165) is 24.5 Å². The molecular weight excluding hydrogens is 262 g/mol. The Morgan fingerprint density at radius 3 is 1.72 bits per heavy atom. The molecule has 100 valence electrons. The van der Waals surface area contributed by atoms with E-state index < -0.39 is 22.0 Å². The van der Waals surface area contributed by atoms with Crippen molar-refractivity contribution in [3.8, 4) is 0 Å². The lowest BCUT2D eigenvalue weighted by Crippen LogP contribution is -2.11. The van der Waals surface area contributed by atoms with E-state index in [9.17, 15) is 18.0 Å². The van der Waals surface area contributed by atoms with Crippen molar-refractivity contribution < 1.29 is 28.2 Å². The molecule has 0 radical (unpaired) electrons. The van der Waals surface area contributed by atoms with Gasteiger partial charge in [0.05, 0.1) is 23.1 Å². The maximum absolute atomic E-state index is 11.0. The van der Waals surface area contributed by atoms with Crippen molar-refractivity contribution >= 4 is 27.6 Å². The number of carbonyl (C=O) groups is 2. The summed E-state index contributed by atoms with van der Waals surface area (Å²) in [7, 11) is -3.60. The maximum Gasteiger partial charge on any atom is 0.335 e. The van der Waals surface area contributed by atoms with Crippen LogP contribution in [0, 0.1) is 0 Å². The van der Waals surface area contributed by atoms with E-state index in [1.807, 2.05) is 4.72 Å². The molecule has 0 aliphatic rings. The highest BCUT2D eigenvalue weighted by Gasteiger charge is 2.13. The summed E-state index contributed by atoms with van der Waals surface area (Å²) in [5.41, 5.74) is -0.725. The first-order valence-corrected chi connectivity index (χ1v) is 6.17. The van der Waals surface area contributed by atoms with Crippen LogP contribution in [0.4, 0.5) is 5.69 Å². The van der Waals surface area contributed by atoms with Gasteiger partial charge in [-0.25, -0.2) is 18.0 Å². The second-order valence-electron chi connectivity index (χ2n) is 3.28. The summed E-state index contributed by atoms with van der Waals surface area (Å²) in [5, 5.41) is 17.5. The number of aromatic carboxylic acids is 2. The van der Waals surface area contributed by atoms with Crippen molar-refractivity contribution in [2.24, 2.45) is 0 Å². The first-order chi connectivity index (χ1) is 7.69. The standard InChI is InChI=1S/C9H9NO6S.CH4/c1-17(15,16)10-7-3-5(8(11)12)2-6(4-7)9(13)14;/h2-4,10H,1H3,(H,11,12)(H,13,14);1H4. The minimum Gasteiger partial charge on any atom is -0.478 e. The molecule has 1 rings (SSSR count). The van der Waals surface area contributed by atoms with Crippen LogP contribution in [0.2, 0.25) is 0 Å². The lowest BCUT2D eigenvalue weighted by molar-refractivity contribution is 0.0696. The van der Waals surface area contributed by atoms with Gasteiger partial charge in [-0.15, -0.1) is 0 Å². The van der Waals surface area contributed by atoms with Gasteiger partial charge in [0.2, 0.25) is 10.0 Å². The Hall–Kier alpha value is -2.09. The topological polar surface area (TPSA) is 121 Å². The maximum atomic E-state index is 11.0. The SMILES string of the molecule is C.CS(=O)(=O)Nc1cc(C(=O)O)cc(C(=O)O)c1. The number of rotatable bonds is 4. The minimum absolute atomic E-state index is 0. The fraction of sp³-hybridized carbons (Fsp3) is 0.200. The highest BCUT2D eigenvalue weighted by Crippen LogP contribution is 2.16. The Labute approximate surface area is 104 Å². The highest BCUT2D eigenvalue weighted by molar-refractivity contribution is 7.92. The monoisotopic (exact) mass is 275 g/mol. The van der Waals surface area contributed by atoms with Crippen LogP contribution in [-0.2, 0) is 10.0 Å². The second-order valence-corrected chi connectivity index (χ2v) is 5.03. The molecule has 1 aromatic carbocycles. The van der Waals surface area contributed by atoms with Crippen molar-refractivity contribution in [1.29, 1.82) is 0 Å². The van der Waals surface area contributed by atoms with Gasteiger partial charge in [0, 0.05) is 0 Å². The van der Waals surface area contributed by atoms with Gasteiger partial charge >= 0.3 is 11.9 Å². The predicted octanol–water partition coefficient (Wildman–Crippen LogP) is 1.09. The van der Waals surface area contributed by atoms with Gasteiger partial charge in [-0.1, -0.05) is 7.43 Å². The van der Waals surface area contributed by atoms with Gasteiger partial charge in [-0.05, 0) is 18.2 Å². The largest absolute Gasteiger partial charge is 0.478 e. The molecule has 0 amide bonds. The van der Waals surface area contributed by atoms with Gasteiger partial charge in [0.1, 0.15) is 0 Å². The normalized spacial score (nSPS) is 10.3. The average molecular weight is 275 g/mol. The third-order valence-corrected chi connectivity index (χ3v) is 2.34. The summed E-state index contributed by atoms with van der Waals surface area (Å²) in [5.74, 6) is -2.69. The van der Waals surface area contributed by atoms with Crippen LogP contribution < -0.4 is 4.72 Å². The Kier molecular flexibility index (Phi) is 4.86. The first kappa shape index (κ1) is 15.9. The fourth-order valence-corrected chi connectivity index (χ4v) is 1.69. The molecule has 0 unspecified atom stereocenters. The number of anilines is 1. The van der Waals surface area contributed by atoms with E-state index >= 15 is 0 Å². The lowest BCUT2D eigenvalue weighted by atomic mass is 10.1. The van der Waals surface area contributed by atoms with E-state index in [-0.39, 0.29) is 24.2 Å². The predicted molar refractivity (Wildman–Crippen MR) is 65.6 cm³/mol. The lowest BCUT2D eigenvalue weighted by Gasteiger charge is -2.06. The van der Waals surface area contributed by atoms with Gasteiger partial charge in [-0.3, -0.25) is 4.72 Å². The Bertz CT molecular complexity index is 546.